The minimum absolute atomic E-state index is 0.192. The van der Waals surface area contributed by atoms with Crippen molar-refractivity contribution < 1.29 is 19.3 Å². The zero-order valence-electron chi connectivity index (χ0n) is 17.4. The van der Waals surface area contributed by atoms with Crippen LogP contribution in [0.2, 0.25) is 0 Å². The van der Waals surface area contributed by atoms with Gasteiger partial charge in [-0.2, -0.15) is 0 Å². The maximum Gasteiger partial charge on any atom is 0.161 e. The molecule has 0 aliphatic heterocycles. The third-order valence-electron chi connectivity index (χ3n) is 4.16. The summed E-state index contributed by atoms with van der Waals surface area (Å²) in [5.74, 6) is 2.15. The highest BCUT2D eigenvalue weighted by Gasteiger charge is 2.09. The van der Waals surface area contributed by atoms with E-state index >= 15 is 0 Å². The van der Waals surface area contributed by atoms with Crippen molar-refractivity contribution in [2.24, 2.45) is 0 Å². The fourth-order valence-electron chi connectivity index (χ4n) is 2.77. The predicted molar refractivity (Wildman–Crippen MR) is 116 cm³/mol. The van der Waals surface area contributed by atoms with Gasteiger partial charge in [0.15, 0.2) is 23.0 Å². The molecule has 0 fully saturated rings. The van der Waals surface area contributed by atoms with Crippen LogP contribution in [0.25, 0.3) is 12.2 Å². The van der Waals surface area contributed by atoms with E-state index in [-0.39, 0.29) is 5.75 Å². The topological polar surface area (TPSA) is 47.9 Å². The largest absolute Gasteiger partial charge is 0.504 e. The molecule has 4 heteroatoms. The Morgan fingerprint density at radius 3 is 2.18 bits per heavy atom. The summed E-state index contributed by atoms with van der Waals surface area (Å²) >= 11 is 0. The van der Waals surface area contributed by atoms with Gasteiger partial charge in [0, 0.05) is 5.56 Å². The highest BCUT2D eigenvalue weighted by atomic mass is 16.5. The van der Waals surface area contributed by atoms with E-state index in [0.717, 1.165) is 28.2 Å². The van der Waals surface area contributed by atoms with Crippen molar-refractivity contribution in [3.8, 4) is 23.0 Å². The van der Waals surface area contributed by atoms with Crippen molar-refractivity contribution in [1.29, 1.82) is 0 Å². The molecule has 0 saturated carbocycles. The average Bonchev–Trinajstić information content (AvgIpc) is 2.68. The highest BCUT2D eigenvalue weighted by molar-refractivity contribution is 5.73. The van der Waals surface area contributed by atoms with E-state index in [9.17, 15) is 5.11 Å². The number of methoxy groups -OCH3 is 1. The minimum Gasteiger partial charge on any atom is -0.504 e. The Labute approximate surface area is 168 Å². The van der Waals surface area contributed by atoms with Gasteiger partial charge in [0.25, 0.3) is 0 Å². The first kappa shape index (κ1) is 21.4. The molecule has 150 valence electrons. The maximum atomic E-state index is 10.4. The molecule has 0 aromatic heterocycles. The van der Waals surface area contributed by atoms with E-state index in [1.807, 2.05) is 70.2 Å². The quantitative estimate of drug-likeness (QED) is 0.435. The van der Waals surface area contributed by atoms with E-state index in [4.69, 9.17) is 14.2 Å². The number of phenols is 1. The number of phenolic OH excluding ortho intramolecular Hbond substituents is 1. The second-order valence-electron chi connectivity index (χ2n) is 6.62. The molecule has 0 saturated heterocycles. The molecular formula is C24H30O4. The Morgan fingerprint density at radius 1 is 0.893 bits per heavy atom. The number of benzene rings is 2. The number of hydrogen-bond donors (Lipinski definition) is 1. The van der Waals surface area contributed by atoms with Gasteiger partial charge in [-0.15, -0.1) is 0 Å². The van der Waals surface area contributed by atoms with Crippen LogP contribution < -0.4 is 14.2 Å². The SMILES string of the molecule is CCOc1ccc(/C=C/c2cc(CC=C(C)C)c(O)c(OC)c2)cc1OCC. The summed E-state index contributed by atoms with van der Waals surface area (Å²) in [6, 6.07) is 9.69. The number of ether oxygens (including phenoxy) is 3. The van der Waals surface area contributed by atoms with E-state index in [0.29, 0.717) is 25.4 Å². The maximum absolute atomic E-state index is 10.4. The van der Waals surface area contributed by atoms with Gasteiger partial charge in [0.2, 0.25) is 0 Å². The molecule has 0 spiro atoms. The molecule has 0 radical (unpaired) electrons. The van der Waals surface area contributed by atoms with Crippen LogP contribution in [0, 0.1) is 0 Å². The van der Waals surface area contributed by atoms with Gasteiger partial charge < -0.3 is 19.3 Å². The Morgan fingerprint density at radius 2 is 1.54 bits per heavy atom. The number of allylic oxidation sites excluding steroid dienone is 2. The van der Waals surface area contributed by atoms with Crippen LogP contribution in [0.4, 0.5) is 0 Å². The van der Waals surface area contributed by atoms with Crippen molar-refractivity contribution in [3.05, 3.63) is 58.7 Å². The standard InChI is InChI=1S/C24H30O4/c1-6-27-21-13-11-18(15-22(21)28-7-2)9-10-19-14-20(12-8-17(3)4)24(25)23(16-19)26-5/h8-11,13-16,25H,6-7,12H2,1-5H3/b10-9+. The number of aromatic hydroxyl groups is 1. The van der Waals surface area contributed by atoms with E-state index < -0.39 is 0 Å². The zero-order valence-corrected chi connectivity index (χ0v) is 17.4. The third kappa shape index (κ3) is 5.81. The van der Waals surface area contributed by atoms with Gasteiger partial charge in [-0.25, -0.2) is 0 Å². The summed E-state index contributed by atoms with van der Waals surface area (Å²) in [7, 11) is 1.56. The fourth-order valence-corrected chi connectivity index (χ4v) is 2.77. The molecule has 0 unspecified atom stereocenters. The van der Waals surface area contributed by atoms with Crippen LogP contribution in [-0.2, 0) is 6.42 Å². The van der Waals surface area contributed by atoms with E-state index in [1.54, 1.807) is 7.11 Å². The lowest BCUT2D eigenvalue weighted by Crippen LogP contribution is -1.98. The Hall–Kier alpha value is -2.88. The molecule has 2 rings (SSSR count). The zero-order chi connectivity index (χ0) is 20.5. The van der Waals surface area contributed by atoms with Crippen LogP contribution in [0.3, 0.4) is 0 Å². The van der Waals surface area contributed by atoms with Crippen LogP contribution in [0.1, 0.15) is 44.4 Å². The van der Waals surface area contributed by atoms with E-state index in [1.165, 1.54) is 5.57 Å². The van der Waals surface area contributed by atoms with Gasteiger partial charge in [-0.3, -0.25) is 0 Å². The molecule has 1 N–H and O–H groups in total. The molecule has 0 aliphatic carbocycles. The van der Waals surface area contributed by atoms with Gasteiger partial charge in [-0.05, 0) is 69.5 Å². The normalized spacial score (nSPS) is 10.8. The second kappa shape index (κ2) is 10.5. The number of rotatable bonds is 9. The molecule has 0 heterocycles. The molecule has 0 atom stereocenters. The Balaban J connectivity index is 2.33. The van der Waals surface area contributed by atoms with Crippen molar-refractivity contribution in [2.45, 2.75) is 34.1 Å². The predicted octanol–water partition coefficient (Wildman–Crippen LogP) is 5.88. The highest BCUT2D eigenvalue weighted by Crippen LogP contribution is 2.33. The molecule has 0 amide bonds. The summed E-state index contributed by atoms with van der Waals surface area (Å²) in [5.41, 5.74) is 4.00. The summed E-state index contributed by atoms with van der Waals surface area (Å²) in [6.07, 6.45) is 6.75. The van der Waals surface area contributed by atoms with Gasteiger partial charge in [0.1, 0.15) is 0 Å². The summed E-state index contributed by atoms with van der Waals surface area (Å²) < 4.78 is 16.6. The first-order chi connectivity index (χ1) is 13.5. The molecule has 0 aliphatic rings. The molecule has 4 nitrogen and oxygen atoms in total. The van der Waals surface area contributed by atoms with Gasteiger partial charge >= 0.3 is 0 Å². The van der Waals surface area contributed by atoms with Gasteiger partial charge in [0.05, 0.1) is 20.3 Å². The monoisotopic (exact) mass is 382 g/mol. The third-order valence-corrected chi connectivity index (χ3v) is 4.16. The molecule has 2 aromatic rings. The lowest BCUT2D eigenvalue weighted by Gasteiger charge is -2.11. The lowest BCUT2D eigenvalue weighted by atomic mass is 10.0. The van der Waals surface area contributed by atoms with Crippen molar-refractivity contribution in [3.63, 3.8) is 0 Å². The van der Waals surface area contributed by atoms with Crippen molar-refractivity contribution >= 4 is 12.2 Å². The lowest BCUT2D eigenvalue weighted by molar-refractivity contribution is 0.287. The summed E-state index contributed by atoms with van der Waals surface area (Å²) in [5, 5.41) is 10.4. The fraction of sp³-hybridized carbons (Fsp3) is 0.333. The van der Waals surface area contributed by atoms with Crippen molar-refractivity contribution in [1.82, 2.24) is 0 Å². The van der Waals surface area contributed by atoms with Crippen LogP contribution in [0.5, 0.6) is 23.0 Å². The number of hydrogen-bond acceptors (Lipinski definition) is 4. The molecule has 0 bridgehead atoms. The summed E-state index contributed by atoms with van der Waals surface area (Å²) in [6.45, 7) is 9.16. The van der Waals surface area contributed by atoms with E-state index in [2.05, 4.69) is 6.08 Å². The first-order valence-corrected chi connectivity index (χ1v) is 9.59. The Kier molecular flexibility index (Phi) is 8.00. The summed E-state index contributed by atoms with van der Waals surface area (Å²) in [4.78, 5) is 0. The average molecular weight is 383 g/mol. The van der Waals surface area contributed by atoms with Crippen molar-refractivity contribution in [2.75, 3.05) is 20.3 Å². The van der Waals surface area contributed by atoms with Crippen LogP contribution in [-0.4, -0.2) is 25.4 Å². The minimum atomic E-state index is 0.192. The molecule has 2 aromatic carbocycles. The van der Waals surface area contributed by atoms with Crippen LogP contribution in [0.15, 0.2) is 42.0 Å². The smallest absolute Gasteiger partial charge is 0.161 e. The first-order valence-electron chi connectivity index (χ1n) is 9.59. The van der Waals surface area contributed by atoms with Crippen LogP contribution >= 0.6 is 0 Å². The Bertz CT molecular complexity index is 846. The second-order valence-corrected chi connectivity index (χ2v) is 6.62. The molecular weight excluding hydrogens is 352 g/mol. The van der Waals surface area contributed by atoms with Gasteiger partial charge in [-0.1, -0.05) is 29.9 Å². The molecule has 28 heavy (non-hydrogen) atoms.